The van der Waals surface area contributed by atoms with E-state index in [1.807, 2.05) is 30.3 Å². The Morgan fingerprint density at radius 2 is 2.11 bits per heavy atom. The summed E-state index contributed by atoms with van der Waals surface area (Å²) < 4.78 is 6.90. The topological polar surface area (TPSA) is 70.1 Å². The van der Waals surface area contributed by atoms with Crippen molar-refractivity contribution in [2.75, 3.05) is 6.61 Å². The second kappa shape index (κ2) is 5.86. The van der Waals surface area contributed by atoms with E-state index < -0.39 is 6.03 Å². The van der Waals surface area contributed by atoms with Crippen LogP contribution in [0.5, 0.6) is 5.75 Å². The summed E-state index contributed by atoms with van der Waals surface area (Å²) in [4.78, 5) is 15.1. The van der Waals surface area contributed by atoms with Crippen LogP contribution in [0.25, 0.3) is 0 Å². The largest absolute Gasteiger partial charge is 0.494 e. The molecule has 0 aliphatic rings. The van der Waals surface area contributed by atoms with Gasteiger partial charge in [-0.05, 0) is 18.6 Å². The first-order valence-electron chi connectivity index (χ1n) is 5.77. The molecule has 1 heterocycles. The minimum Gasteiger partial charge on any atom is -0.494 e. The molecular formula is C13H15N3O2. The highest BCUT2D eigenvalue weighted by atomic mass is 16.5. The van der Waals surface area contributed by atoms with Crippen molar-refractivity contribution < 1.29 is 9.53 Å². The van der Waals surface area contributed by atoms with Crippen molar-refractivity contribution in [3.05, 3.63) is 48.5 Å². The van der Waals surface area contributed by atoms with Gasteiger partial charge in [0.05, 0.1) is 6.61 Å². The van der Waals surface area contributed by atoms with Crippen LogP contribution in [0.2, 0.25) is 0 Å². The SMILES string of the molecule is NC(=O)n1ccnc1CCCOc1ccccc1. The number of aryl methyl sites for hydroxylation is 1. The summed E-state index contributed by atoms with van der Waals surface area (Å²) >= 11 is 0. The molecule has 0 radical (unpaired) electrons. The van der Waals surface area contributed by atoms with Gasteiger partial charge in [-0.15, -0.1) is 0 Å². The standard InChI is InChI=1S/C13H15N3O2/c14-13(17)16-9-8-15-12(16)7-4-10-18-11-5-2-1-3-6-11/h1-3,5-6,8-9H,4,7,10H2,(H2,14,17). The Morgan fingerprint density at radius 3 is 2.83 bits per heavy atom. The number of rotatable bonds is 5. The van der Waals surface area contributed by atoms with Crippen LogP contribution in [0.1, 0.15) is 12.2 Å². The number of nitrogens with zero attached hydrogens (tertiary/aromatic N) is 2. The van der Waals surface area contributed by atoms with Gasteiger partial charge in [0.15, 0.2) is 0 Å². The van der Waals surface area contributed by atoms with Crippen LogP contribution in [0.15, 0.2) is 42.7 Å². The van der Waals surface area contributed by atoms with Crippen LogP contribution < -0.4 is 10.5 Å². The molecule has 5 nitrogen and oxygen atoms in total. The maximum Gasteiger partial charge on any atom is 0.324 e. The van der Waals surface area contributed by atoms with Gasteiger partial charge in [-0.1, -0.05) is 18.2 Å². The van der Waals surface area contributed by atoms with Gasteiger partial charge >= 0.3 is 6.03 Å². The first kappa shape index (κ1) is 12.2. The van der Waals surface area contributed by atoms with Crippen molar-refractivity contribution in [1.82, 2.24) is 9.55 Å². The Hall–Kier alpha value is -2.30. The highest BCUT2D eigenvalue weighted by molar-refractivity contribution is 5.75. The molecule has 0 saturated heterocycles. The Labute approximate surface area is 105 Å². The molecule has 0 atom stereocenters. The summed E-state index contributed by atoms with van der Waals surface area (Å²) in [6.07, 6.45) is 4.57. The number of benzene rings is 1. The van der Waals surface area contributed by atoms with E-state index in [9.17, 15) is 4.79 Å². The van der Waals surface area contributed by atoms with Crippen LogP contribution in [-0.2, 0) is 6.42 Å². The Kier molecular flexibility index (Phi) is 3.96. The molecule has 0 aliphatic carbocycles. The number of nitrogens with two attached hydrogens (primary N) is 1. The maximum absolute atomic E-state index is 11.1. The summed E-state index contributed by atoms with van der Waals surface area (Å²) in [7, 11) is 0. The van der Waals surface area contributed by atoms with Crippen molar-refractivity contribution in [2.24, 2.45) is 5.73 Å². The van der Waals surface area contributed by atoms with Gasteiger partial charge in [-0.25, -0.2) is 9.78 Å². The quantitative estimate of drug-likeness (QED) is 0.817. The molecular weight excluding hydrogens is 230 g/mol. The van der Waals surface area contributed by atoms with Gasteiger partial charge in [0, 0.05) is 18.8 Å². The van der Waals surface area contributed by atoms with Gasteiger partial charge in [0.1, 0.15) is 11.6 Å². The zero-order chi connectivity index (χ0) is 12.8. The van der Waals surface area contributed by atoms with Gasteiger partial charge in [-0.2, -0.15) is 0 Å². The predicted octanol–water partition coefficient (Wildman–Crippen LogP) is 1.82. The van der Waals surface area contributed by atoms with Crippen LogP contribution >= 0.6 is 0 Å². The number of hydrogen-bond donors (Lipinski definition) is 1. The van der Waals surface area contributed by atoms with Gasteiger partial charge in [0.2, 0.25) is 0 Å². The fraction of sp³-hybridized carbons (Fsp3) is 0.231. The van der Waals surface area contributed by atoms with E-state index in [4.69, 9.17) is 10.5 Å². The van der Waals surface area contributed by atoms with Crippen molar-refractivity contribution in [2.45, 2.75) is 12.8 Å². The highest BCUT2D eigenvalue weighted by Crippen LogP contribution is 2.09. The number of ether oxygens (including phenoxy) is 1. The summed E-state index contributed by atoms with van der Waals surface area (Å²) in [5.74, 6) is 1.51. The van der Waals surface area contributed by atoms with E-state index in [1.54, 1.807) is 12.4 Å². The monoisotopic (exact) mass is 245 g/mol. The lowest BCUT2D eigenvalue weighted by molar-refractivity contribution is 0.249. The number of primary amides is 1. The zero-order valence-corrected chi connectivity index (χ0v) is 9.95. The summed E-state index contributed by atoms with van der Waals surface area (Å²) in [5, 5.41) is 0. The molecule has 0 unspecified atom stereocenters. The second-order valence-corrected chi connectivity index (χ2v) is 3.82. The minimum absolute atomic E-state index is 0.508. The van der Waals surface area contributed by atoms with Gasteiger partial charge in [0.25, 0.3) is 0 Å². The van der Waals surface area contributed by atoms with Crippen molar-refractivity contribution in [1.29, 1.82) is 0 Å². The zero-order valence-electron chi connectivity index (χ0n) is 9.95. The summed E-state index contributed by atoms with van der Waals surface area (Å²) in [6, 6.07) is 9.10. The van der Waals surface area contributed by atoms with Crippen molar-refractivity contribution in [3.63, 3.8) is 0 Å². The molecule has 0 spiro atoms. The number of amides is 1. The first-order chi connectivity index (χ1) is 8.77. The number of aromatic nitrogens is 2. The number of carbonyl (C=O) groups is 1. The third-order valence-electron chi connectivity index (χ3n) is 2.51. The van der Waals surface area contributed by atoms with Crippen molar-refractivity contribution in [3.8, 4) is 5.75 Å². The average Bonchev–Trinajstić information content (AvgIpc) is 2.84. The lowest BCUT2D eigenvalue weighted by Crippen LogP contribution is -2.21. The predicted molar refractivity (Wildman–Crippen MR) is 67.5 cm³/mol. The van der Waals surface area contributed by atoms with Crippen molar-refractivity contribution >= 4 is 6.03 Å². The second-order valence-electron chi connectivity index (χ2n) is 3.82. The summed E-state index contributed by atoms with van der Waals surface area (Å²) in [6.45, 7) is 0.579. The van der Waals surface area contributed by atoms with E-state index in [2.05, 4.69) is 4.98 Å². The number of carbonyl (C=O) groups excluding carboxylic acids is 1. The fourth-order valence-corrected chi connectivity index (χ4v) is 1.66. The Bertz CT molecular complexity index is 508. The minimum atomic E-state index is -0.508. The fourth-order valence-electron chi connectivity index (χ4n) is 1.66. The molecule has 2 aromatic rings. The smallest absolute Gasteiger partial charge is 0.324 e. The third kappa shape index (κ3) is 3.10. The lowest BCUT2D eigenvalue weighted by Gasteiger charge is -2.06. The molecule has 2 N–H and O–H groups in total. The summed E-state index contributed by atoms with van der Waals surface area (Å²) in [5.41, 5.74) is 5.21. The molecule has 5 heteroatoms. The van der Waals surface area contributed by atoms with E-state index in [0.717, 1.165) is 12.2 Å². The number of hydrogen-bond acceptors (Lipinski definition) is 3. The Morgan fingerprint density at radius 1 is 1.33 bits per heavy atom. The molecule has 1 amide bonds. The first-order valence-corrected chi connectivity index (χ1v) is 5.77. The third-order valence-corrected chi connectivity index (χ3v) is 2.51. The molecule has 94 valence electrons. The van der Waals surface area contributed by atoms with Gasteiger partial charge < -0.3 is 10.5 Å². The molecule has 0 fully saturated rings. The molecule has 2 rings (SSSR count). The highest BCUT2D eigenvalue weighted by Gasteiger charge is 2.06. The molecule has 0 bridgehead atoms. The van der Waals surface area contributed by atoms with Crippen LogP contribution in [0.4, 0.5) is 4.79 Å². The number of para-hydroxylation sites is 1. The molecule has 0 aliphatic heterocycles. The average molecular weight is 245 g/mol. The van der Waals surface area contributed by atoms with E-state index in [1.165, 1.54) is 4.57 Å². The van der Waals surface area contributed by atoms with Crippen LogP contribution in [-0.4, -0.2) is 22.2 Å². The van der Waals surface area contributed by atoms with E-state index in [0.29, 0.717) is 18.9 Å². The molecule has 1 aromatic heterocycles. The maximum atomic E-state index is 11.1. The molecule has 1 aromatic carbocycles. The van der Waals surface area contributed by atoms with Crippen LogP contribution in [0, 0.1) is 0 Å². The molecule has 18 heavy (non-hydrogen) atoms. The Balaban J connectivity index is 1.79. The van der Waals surface area contributed by atoms with Gasteiger partial charge in [-0.3, -0.25) is 4.57 Å². The normalized spacial score (nSPS) is 10.2. The number of imidazole rings is 1. The van der Waals surface area contributed by atoms with E-state index in [-0.39, 0.29) is 0 Å². The van der Waals surface area contributed by atoms with Crippen LogP contribution in [0.3, 0.4) is 0 Å². The van der Waals surface area contributed by atoms with E-state index >= 15 is 0 Å². The molecule has 0 saturated carbocycles. The lowest BCUT2D eigenvalue weighted by atomic mass is 10.3.